The number of hydrogen-bond acceptors (Lipinski definition) is 3. The fraction of sp³-hybridized carbons (Fsp3) is 0. The van der Waals surface area contributed by atoms with Crippen LogP contribution < -0.4 is 16.8 Å². The molecule has 2 aromatic rings. The van der Waals surface area contributed by atoms with Gasteiger partial charge in [0.25, 0.3) is 0 Å². The van der Waals surface area contributed by atoms with E-state index in [9.17, 15) is 9.18 Å². The number of primary amides is 1. The van der Waals surface area contributed by atoms with Crippen molar-refractivity contribution in [1.82, 2.24) is 0 Å². The molecule has 0 aliphatic carbocycles. The summed E-state index contributed by atoms with van der Waals surface area (Å²) in [6, 6.07) is 8.49. The number of nitrogens with two attached hydrogens (primary N) is 2. The van der Waals surface area contributed by atoms with Gasteiger partial charge >= 0.3 is 0 Å². The van der Waals surface area contributed by atoms with E-state index in [1.54, 1.807) is 6.07 Å². The maximum absolute atomic E-state index is 13.1. The molecule has 0 unspecified atom stereocenters. The smallest absolute Gasteiger partial charge is 0.248 e. The van der Waals surface area contributed by atoms with E-state index in [0.717, 1.165) is 0 Å². The highest BCUT2D eigenvalue weighted by atomic mass is 35.5. The minimum Gasteiger partial charge on any atom is -0.397 e. The number of amides is 1. The van der Waals surface area contributed by atoms with Gasteiger partial charge in [-0.25, -0.2) is 4.39 Å². The standard InChI is InChI=1S/C13H11ClFN3O/c14-9-3-2-8(15)6-12(9)18-11-4-1-7(13(17)19)5-10(11)16/h1-6,18H,16H2,(H2,17,19). The largest absolute Gasteiger partial charge is 0.397 e. The number of carbonyl (C=O) groups is 1. The Kier molecular flexibility index (Phi) is 3.57. The molecule has 2 aromatic carbocycles. The summed E-state index contributed by atoms with van der Waals surface area (Å²) in [5.74, 6) is -0.985. The van der Waals surface area contributed by atoms with Crippen molar-refractivity contribution in [3.05, 3.63) is 52.8 Å². The van der Waals surface area contributed by atoms with E-state index < -0.39 is 11.7 Å². The second-order valence-electron chi connectivity index (χ2n) is 3.92. The Morgan fingerprint density at radius 1 is 1.16 bits per heavy atom. The average molecular weight is 280 g/mol. The molecule has 0 heterocycles. The van der Waals surface area contributed by atoms with Crippen LogP contribution in [0.3, 0.4) is 0 Å². The summed E-state index contributed by atoms with van der Waals surface area (Å²) in [5, 5.41) is 3.26. The molecule has 0 aliphatic heterocycles. The average Bonchev–Trinajstić information content (AvgIpc) is 2.36. The van der Waals surface area contributed by atoms with Gasteiger partial charge in [-0.1, -0.05) is 11.6 Å². The Morgan fingerprint density at radius 2 is 1.89 bits per heavy atom. The quantitative estimate of drug-likeness (QED) is 0.756. The Morgan fingerprint density at radius 3 is 2.53 bits per heavy atom. The summed E-state index contributed by atoms with van der Waals surface area (Å²) in [7, 11) is 0. The van der Waals surface area contributed by atoms with Crippen LogP contribution in [0.4, 0.5) is 21.5 Å². The van der Waals surface area contributed by atoms with Crippen molar-refractivity contribution in [1.29, 1.82) is 0 Å². The van der Waals surface area contributed by atoms with E-state index in [1.807, 2.05) is 0 Å². The highest BCUT2D eigenvalue weighted by molar-refractivity contribution is 6.33. The molecular formula is C13H11ClFN3O. The molecule has 0 aliphatic rings. The molecule has 1 amide bonds. The van der Waals surface area contributed by atoms with E-state index in [4.69, 9.17) is 23.1 Å². The summed E-state index contributed by atoms with van der Waals surface area (Å²) in [5.41, 5.74) is 12.4. The van der Waals surface area contributed by atoms with Gasteiger partial charge in [-0.15, -0.1) is 0 Å². The summed E-state index contributed by atoms with van der Waals surface area (Å²) < 4.78 is 13.1. The van der Waals surface area contributed by atoms with E-state index in [2.05, 4.69) is 5.32 Å². The summed E-state index contributed by atoms with van der Waals surface area (Å²) >= 11 is 5.94. The lowest BCUT2D eigenvalue weighted by molar-refractivity contribution is 0.100. The van der Waals surface area contributed by atoms with Crippen LogP contribution in [0.15, 0.2) is 36.4 Å². The zero-order chi connectivity index (χ0) is 14.0. The fourth-order valence-electron chi connectivity index (χ4n) is 1.57. The zero-order valence-electron chi connectivity index (χ0n) is 9.78. The number of nitrogen functional groups attached to an aromatic ring is 1. The molecular weight excluding hydrogens is 269 g/mol. The number of carbonyl (C=O) groups excluding carboxylic acids is 1. The van der Waals surface area contributed by atoms with Gasteiger partial charge in [-0.3, -0.25) is 4.79 Å². The molecule has 5 N–H and O–H groups in total. The van der Waals surface area contributed by atoms with Crippen LogP contribution in [0.5, 0.6) is 0 Å². The van der Waals surface area contributed by atoms with Crippen molar-refractivity contribution >= 4 is 34.6 Å². The summed E-state index contributed by atoms with van der Waals surface area (Å²) in [4.78, 5) is 11.0. The SMILES string of the molecule is NC(=O)c1ccc(Nc2cc(F)ccc2Cl)c(N)c1. The van der Waals surface area contributed by atoms with Crippen LogP contribution in [0.2, 0.25) is 5.02 Å². The van der Waals surface area contributed by atoms with Gasteiger partial charge in [0.2, 0.25) is 5.91 Å². The number of rotatable bonds is 3. The predicted octanol–water partition coefficient (Wildman–Crippen LogP) is 2.90. The first kappa shape index (κ1) is 13.2. The van der Waals surface area contributed by atoms with Crippen molar-refractivity contribution in [2.75, 3.05) is 11.1 Å². The number of benzene rings is 2. The minimum absolute atomic E-state index is 0.299. The molecule has 0 fully saturated rings. The zero-order valence-corrected chi connectivity index (χ0v) is 10.5. The number of nitrogens with one attached hydrogen (secondary N) is 1. The molecule has 98 valence electrons. The van der Waals surface area contributed by atoms with Crippen molar-refractivity contribution in [2.24, 2.45) is 5.73 Å². The van der Waals surface area contributed by atoms with Gasteiger partial charge in [-0.2, -0.15) is 0 Å². The van der Waals surface area contributed by atoms with E-state index >= 15 is 0 Å². The predicted molar refractivity (Wildman–Crippen MR) is 74.1 cm³/mol. The molecule has 0 aromatic heterocycles. The molecule has 0 bridgehead atoms. The maximum Gasteiger partial charge on any atom is 0.248 e. The van der Waals surface area contributed by atoms with E-state index in [1.165, 1.54) is 30.3 Å². The molecule has 0 atom stereocenters. The normalized spacial score (nSPS) is 10.2. The minimum atomic E-state index is -0.568. The lowest BCUT2D eigenvalue weighted by Gasteiger charge is -2.11. The molecule has 2 rings (SSSR count). The van der Waals surface area contributed by atoms with Gasteiger partial charge < -0.3 is 16.8 Å². The summed E-state index contributed by atoms with van der Waals surface area (Å²) in [6.07, 6.45) is 0. The van der Waals surface area contributed by atoms with Crippen molar-refractivity contribution < 1.29 is 9.18 Å². The second kappa shape index (κ2) is 5.16. The Hall–Kier alpha value is -2.27. The van der Waals surface area contributed by atoms with Crippen LogP contribution in [0.1, 0.15) is 10.4 Å². The lowest BCUT2D eigenvalue weighted by atomic mass is 10.1. The van der Waals surface area contributed by atoms with Crippen LogP contribution >= 0.6 is 11.6 Å². The van der Waals surface area contributed by atoms with E-state index in [0.29, 0.717) is 27.6 Å². The third-order valence-corrected chi connectivity index (χ3v) is 2.86. The number of halogens is 2. The molecule has 4 nitrogen and oxygen atoms in total. The Bertz CT molecular complexity index is 646. The molecule has 0 saturated carbocycles. The number of anilines is 3. The third kappa shape index (κ3) is 2.95. The molecule has 0 radical (unpaired) electrons. The molecule has 0 spiro atoms. The topological polar surface area (TPSA) is 81.1 Å². The summed E-state index contributed by atoms with van der Waals surface area (Å²) in [6.45, 7) is 0. The Balaban J connectivity index is 2.33. The van der Waals surface area contributed by atoms with Gasteiger partial charge in [0, 0.05) is 5.56 Å². The van der Waals surface area contributed by atoms with Gasteiger partial charge in [-0.05, 0) is 36.4 Å². The van der Waals surface area contributed by atoms with Crippen molar-refractivity contribution in [2.45, 2.75) is 0 Å². The highest BCUT2D eigenvalue weighted by Crippen LogP contribution is 2.29. The fourth-order valence-corrected chi connectivity index (χ4v) is 1.73. The van der Waals surface area contributed by atoms with Crippen LogP contribution in [-0.2, 0) is 0 Å². The third-order valence-electron chi connectivity index (χ3n) is 2.53. The molecule has 0 saturated heterocycles. The second-order valence-corrected chi connectivity index (χ2v) is 4.32. The Labute approximate surface area is 114 Å². The molecule has 6 heteroatoms. The van der Waals surface area contributed by atoms with Crippen LogP contribution in [-0.4, -0.2) is 5.91 Å². The van der Waals surface area contributed by atoms with Gasteiger partial charge in [0.1, 0.15) is 5.82 Å². The molecule has 19 heavy (non-hydrogen) atoms. The van der Waals surface area contributed by atoms with Gasteiger partial charge in [0.15, 0.2) is 0 Å². The number of hydrogen-bond donors (Lipinski definition) is 3. The monoisotopic (exact) mass is 279 g/mol. The first-order valence-corrected chi connectivity index (χ1v) is 5.76. The van der Waals surface area contributed by atoms with E-state index in [-0.39, 0.29) is 0 Å². The highest BCUT2D eigenvalue weighted by Gasteiger charge is 2.07. The van der Waals surface area contributed by atoms with Crippen molar-refractivity contribution in [3.8, 4) is 0 Å². The first-order chi connectivity index (χ1) is 8.97. The lowest BCUT2D eigenvalue weighted by Crippen LogP contribution is -2.11. The van der Waals surface area contributed by atoms with Crippen LogP contribution in [0.25, 0.3) is 0 Å². The van der Waals surface area contributed by atoms with Crippen molar-refractivity contribution in [3.63, 3.8) is 0 Å². The van der Waals surface area contributed by atoms with Crippen LogP contribution in [0, 0.1) is 5.82 Å². The maximum atomic E-state index is 13.1. The first-order valence-electron chi connectivity index (χ1n) is 5.39. The van der Waals surface area contributed by atoms with Gasteiger partial charge in [0.05, 0.1) is 22.1 Å².